The molecular weight excluding hydrogens is 432 g/mol. The second-order valence-electron chi connectivity index (χ2n) is 7.76. The highest BCUT2D eigenvalue weighted by Gasteiger charge is 2.28. The minimum absolute atomic E-state index is 0.0713. The Morgan fingerprint density at radius 3 is 2.78 bits per heavy atom. The van der Waals surface area contributed by atoms with Crippen molar-refractivity contribution >= 4 is 33.0 Å². The number of hydrogen-bond donors (Lipinski definition) is 2. The van der Waals surface area contributed by atoms with Crippen LogP contribution in [0.2, 0.25) is 0 Å². The molecule has 1 aromatic heterocycles. The van der Waals surface area contributed by atoms with E-state index < -0.39 is 15.9 Å². The number of benzene rings is 1. The first-order chi connectivity index (χ1) is 15.4. The van der Waals surface area contributed by atoms with Crippen molar-refractivity contribution in [3.63, 3.8) is 0 Å². The van der Waals surface area contributed by atoms with Gasteiger partial charge in [-0.1, -0.05) is 18.2 Å². The smallest absolute Gasteiger partial charge is 0.287 e. The highest BCUT2D eigenvalue weighted by molar-refractivity contribution is 7.89. The average molecular weight is 459 g/mol. The molecule has 0 radical (unpaired) electrons. The van der Waals surface area contributed by atoms with E-state index in [1.54, 1.807) is 6.20 Å². The molecule has 1 fully saturated rings. The van der Waals surface area contributed by atoms with Crippen molar-refractivity contribution in [3.8, 4) is 5.75 Å². The van der Waals surface area contributed by atoms with Crippen LogP contribution in [0.1, 0.15) is 53.8 Å². The molecular formula is C22H26N4O5S. The lowest BCUT2D eigenvalue weighted by Gasteiger charge is -2.20. The summed E-state index contributed by atoms with van der Waals surface area (Å²) in [5, 5.41) is 3.15. The molecule has 0 bridgehead atoms. The third kappa shape index (κ3) is 5.25. The minimum atomic E-state index is -3.76. The van der Waals surface area contributed by atoms with Crippen molar-refractivity contribution < 1.29 is 22.7 Å². The van der Waals surface area contributed by atoms with E-state index in [1.165, 1.54) is 0 Å². The van der Waals surface area contributed by atoms with Crippen LogP contribution in [0.15, 0.2) is 30.5 Å². The zero-order valence-electron chi connectivity index (χ0n) is 18.1. The zero-order chi connectivity index (χ0) is 22.7. The lowest BCUT2D eigenvalue weighted by Crippen LogP contribution is -2.31. The summed E-state index contributed by atoms with van der Waals surface area (Å²) in [6, 6.07) is 5.69. The molecule has 2 heterocycles. The fraction of sp³-hybridized carbons (Fsp3) is 0.409. The van der Waals surface area contributed by atoms with Gasteiger partial charge in [-0.25, -0.2) is 23.1 Å². The summed E-state index contributed by atoms with van der Waals surface area (Å²) >= 11 is 0. The summed E-state index contributed by atoms with van der Waals surface area (Å²) in [7, 11) is -3.76. The van der Waals surface area contributed by atoms with Crippen LogP contribution < -0.4 is 14.8 Å². The van der Waals surface area contributed by atoms with Crippen molar-refractivity contribution in [1.82, 2.24) is 14.7 Å². The molecule has 2 N–H and O–H groups in total. The van der Waals surface area contributed by atoms with Crippen LogP contribution in [0, 0.1) is 0 Å². The van der Waals surface area contributed by atoms with Crippen LogP contribution in [-0.4, -0.2) is 50.4 Å². The Bertz CT molecular complexity index is 1160. The summed E-state index contributed by atoms with van der Waals surface area (Å²) < 4.78 is 36.6. The Morgan fingerprint density at radius 2 is 2.12 bits per heavy atom. The molecule has 0 unspecified atom stereocenters. The molecule has 1 saturated carbocycles. The Labute approximate surface area is 187 Å². The van der Waals surface area contributed by atoms with Crippen LogP contribution in [0.5, 0.6) is 5.75 Å². The Balaban J connectivity index is 1.73. The van der Waals surface area contributed by atoms with Gasteiger partial charge in [0.15, 0.2) is 11.5 Å². The number of nitrogens with zero attached hydrogens (tertiary/aromatic N) is 2. The van der Waals surface area contributed by atoms with Crippen LogP contribution >= 0.6 is 0 Å². The monoisotopic (exact) mass is 458 g/mol. The normalized spacial score (nSPS) is 16.2. The second kappa shape index (κ2) is 9.25. The number of hydrogen-bond acceptors (Lipinski definition) is 8. The molecule has 10 heteroatoms. The molecule has 0 saturated heterocycles. The van der Waals surface area contributed by atoms with Crippen LogP contribution in [-0.2, 0) is 14.8 Å². The van der Waals surface area contributed by atoms with Gasteiger partial charge in [0.25, 0.3) is 5.91 Å². The van der Waals surface area contributed by atoms with E-state index in [0.29, 0.717) is 37.0 Å². The number of carbonyl (C=O) groups excluding carboxylic acids is 1. The number of aromatic nitrogens is 2. The molecule has 2 aromatic rings. The van der Waals surface area contributed by atoms with Crippen LogP contribution in [0.3, 0.4) is 0 Å². The largest absolute Gasteiger partial charge is 0.491 e. The maximum Gasteiger partial charge on any atom is 0.287 e. The highest BCUT2D eigenvalue weighted by Crippen LogP contribution is 2.40. The predicted molar refractivity (Wildman–Crippen MR) is 121 cm³/mol. The van der Waals surface area contributed by atoms with Crippen molar-refractivity contribution in [3.05, 3.63) is 47.4 Å². The maximum atomic E-state index is 12.7. The van der Waals surface area contributed by atoms with Gasteiger partial charge in [0.1, 0.15) is 5.75 Å². The predicted octanol–water partition coefficient (Wildman–Crippen LogP) is 2.99. The number of sulfonamides is 1. The van der Waals surface area contributed by atoms with E-state index in [2.05, 4.69) is 15.3 Å². The van der Waals surface area contributed by atoms with Gasteiger partial charge in [-0.05, 0) is 37.8 Å². The van der Waals surface area contributed by atoms with Crippen molar-refractivity contribution in [2.24, 2.45) is 0 Å². The first kappa shape index (κ1) is 22.2. The summed E-state index contributed by atoms with van der Waals surface area (Å²) in [5.74, 6) is 0.218. The van der Waals surface area contributed by atoms with E-state index in [-0.39, 0.29) is 17.4 Å². The number of anilines is 2. The second-order valence-corrected chi connectivity index (χ2v) is 9.51. The number of ether oxygens (including phenoxy) is 2. The Kier molecular flexibility index (Phi) is 6.43. The van der Waals surface area contributed by atoms with E-state index in [4.69, 9.17) is 9.47 Å². The van der Waals surface area contributed by atoms with Gasteiger partial charge in [-0.15, -0.1) is 0 Å². The molecule has 0 atom stereocenters. The maximum absolute atomic E-state index is 12.7. The highest BCUT2D eigenvalue weighted by atomic mass is 32.2. The Hall–Kier alpha value is -2.98. The summed E-state index contributed by atoms with van der Waals surface area (Å²) in [6.07, 6.45) is 7.30. The molecule has 1 amide bonds. The van der Waals surface area contributed by atoms with E-state index >= 15 is 0 Å². The molecule has 32 heavy (non-hydrogen) atoms. The third-order valence-electron chi connectivity index (χ3n) is 5.15. The van der Waals surface area contributed by atoms with Gasteiger partial charge in [0.2, 0.25) is 10.0 Å². The molecule has 1 aliphatic carbocycles. The summed E-state index contributed by atoms with van der Waals surface area (Å²) in [6.45, 7) is 3.53. The number of para-hydroxylation sites is 1. The average Bonchev–Trinajstić information content (AvgIpc) is 3.60. The van der Waals surface area contributed by atoms with E-state index in [1.807, 2.05) is 35.9 Å². The first-order valence-corrected chi connectivity index (χ1v) is 12.4. The topological polar surface area (TPSA) is 120 Å². The minimum Gasteiger partial charge on any atom is -0.491 e. The number of rotatable bonds is 8. The molecule has 1 aliphatic heterocycles. The van der Waals surface area contributed by atoms with Crippen LogP contribution in [0.25, 0.3) is 5.57 Å². The fourth-order valence-electron chi connectivity index (χ4n) is 3.53. The lowest BCUT2D eigenvalue weighted by atomic mass is 9.99. The van der Waals surface area contributed by atoms with Gasteiger partial charge in [-0.2, -0.15) is 0 Å². The third-order valence-corrected chi connectivity index (χ3v) is 5.70. The van der Waals surface area contributed by atoms with E-state index in [0.717, 1.165) is 36.7 Å². The molecule has 0 spiro atoms. The molecule has 9 nitrogen and oxygen atoms in total. The SMILES string of the molecule is CCOc1c(Nc2ncc(C3CC3)nc2C(=O)NS(C)(=O)=O)cccc1C1=CCOCC1. The molecule has 4 rings (SSSR count). The van der Waals surface area contributed by atoms with E-state index in [9.17, 15) is 13.2 Å². The quantitative estimate of drug-likeness (QED) is 0.620. The lowest BCUT2D eigenvalue weighted by molar-refractivity contribution is 0.0977. The molecule has 1 aromatic carbocycles. The number of carbonyl (C=O) groups is 1. The van der Waals surface area contributed by atoms with Gasteiger partial charge in [0.05, 0.1) is 43.7 Å². The molecule has 170 valence electrons. The standard InChI is InChI=1S/C22H26N4O5S/c1-3-31-20-16(14-9-11-30-12-10-14)5-4-6-17(20)25-21-19(22(27)26-32(2,28)29)24-18(13-23-21)15-7-8-15/h4-6,9,13,15H,3,7-8,10-12H2,1-2H3,(H,23,25)(H,26,27). The van der Waals surface area contributed by atoms with Gasteiger partial charge in [-0.3, -0.25) is 4.79 Å². The molecule has 2 aliphatic rings. The van der Waals surface area contributed by atoms with Crippen LogP contribution in [0.4, 0.5) is 11.5 Å². The Morgan fingerprint density at radius 1 is 1.31 bits per heavy atom. The summed E-state index contributed by atoms with van der Waals surface area (Å²) in [4.78, 5) is 21.5. The summed E-state index contributed by atoms with van der Waals surface area (Å²) in [5.41, 5.74) is 3.27. The zero-order valence-corrected chi connectivity index (χ0v) is 18.9. The van der Waals surface area contributed by atoms with Crippen molar-refractivity contribution in [2.45, 2.75) is 32.1 Å². The first-order valence-electron chi connectivity index (χ1n) is 10.5. The number of amides is 1. The van der Waals surface area contributed by atoms with Crippen molar-refractivity contribution in [1.29, 1.82) is 0 Å². The van der Waals surface area contributed by atoms with Gasteiger partial charge in [0, 0.05) is 11.5 Å². The fourth-order valence-corrected chi connectivity index (χ4v) is 3.97. The van der Waals surface area contributed by atoms with Crippen molar-refractivity contribution in [2.75, 3.05) is 31.4 Å². The van der Waals surface area contributed by atoms with Gasteiger partial charge >= 0.3 is 0 Å². The van der Waals surface area contributed by atoms with Gasteiger partial charge < -0.3 is 14.8 Å². The number of nitrogens with one attached hydrogen (secondary N) is 2.